The molecule has 0 saturated carbocycles. The number of fused-ring (bicyclic) bond motifs is 1. The topological polar surface area (TPSA) is 61.4 Å². The van der Waals surface area contributed by atoms with Crippen molar-refractivity contribution in [1.82, 2.24) is 10.6 Å². The fraction of sp³-hybridized carbons (Fsp3) is 0.500. The maximum Gasteiger partial charge on any atom is 0.237 e. The Balaban J connectivity index is 1.87. The molecule has 1 aromatic carbocycles. The van der Waals surface area contributed by atoms with E-state index in [0.717, 1.165) is 13.0 Å². The molecule has 0 radical (unpaired) electrons. The molecule has 1 heterocycles. The summed E-state index contributed by atoms with van der Waals surface area (Å²) in [6.45, 7) is 2.99. The molecule has 0 fully saturated rings. The van der Waals surface area contributed by atoms with E-state index in [1.54, 1.807) is 6.92 Å². The molecule has 1 aliphatic rings. The van der Waals surface area contributed by atoms with Crippen molar-refractivity contribution in [2.75, 3.05) is 6.54 Å². The van der Waals surface area contributed by atoms with Crippen LogP contribution in [-0.2, 0) is 17.8 Å². The van der Waals surface area contributed by atoms with Crippen LogP contribution in [0.4, 0.5) is 0 Å². The van der Waals surface area contributed by atoms with Gasteiger partial charge in [0.1, 0.15) is 0 Å². The van der Waals surface area contributed by atoms with Gasteiger partial charge in [-0.3, -0.25) is 4.79 Å². The Hall–Kier alpha value is -1.39. The molecule has 4 heteroatoms. The monoisotopic (exact) mass is 248 g/mol. The predicted octanol–water partition coefficient (Wildman–Crippen LogP) is 0.588. The summed E-state index contributed by atoms with van der Waals surface area (Å²) in [7, 11) is 0. The second-order valence-corrected chi connectivity index (χ2v) is 4.84. The van der Waals surface area contributed by atoms with Crippen molar-refractivity contribution in [2.24, 2.45) is 0 Å². The molecule has 98 valence electrons. The molecule has 0 saturated heterocycles. The summed E-state index contributed by atoms with van der Waals surface area (Å²) in [5.74, 6) is 0.0187. The van der Waals surface area contributed by atoms with Crippen LogP contribution in [0.2, 0.25) is 0 Å². The Kier molecular flexibility index (Phi) is 4.33. The van der Waals surface area contributed by atoms with Gasteiger partial charge in [-0.15, -0.1) is 0 Å². The minimum absolute atomic E-state index is 0.0187. The van der Waals surface area contributed by atoms with Crippen LogP contribution < -0.4 is 10.6 Å². The lowest BCUT2D eigenvalue weighted by molar-refractivity contribution is -0.123. The molecule has 0 aromatic heterocycles. The zero-order chi connectivity index (χ0) is 13.0. The quantitative estimate of drug-likeness (QED) is 0.731. The van der Waals surface area contributed by atoms with E-state index in [2.05, 4.69) is 22.8 Å². The number of carbonyl (C=O) groups is 1. The number of amides is 1. The highest BCUT2D eigenvalue weighted by atomic mass is 16.3. The van der Waals surface area contributed by atoms with Crippen LogP contribution in [-0.4, -0.2) is 29.7 Å². The highest BCUT2D eigenvalue weighted by molar-refractivity contribution is 5.82. The molecule has 1 unspecified atom stereocenters. The first-order valence-electron chi connectivity index (χ1n) is 6.43. The fourth-order valence-corrected chi connectivity index (χ4v) is 2.17. The summed E-state index contributed by atoms with van der Waals surface area (Å²) in [6, 6.07) is 8.03. The van der Waals surface area contributed by atoms with Crippen molar-refractivity contribution in [3.63, 3.8) is 0 Å². The summed E-state index contributed by atoms with van der Waals surface area (Å²) in [5.41, 5.74) is 2.51. The first-order chi connectivity index (χ1) is 8.66. The molecule has 4 nitrogen and oxygen atoms in total. The Bertz CT molecular complexity index is 418. The Morgan fingerprint density at radius 2 is 2.22 bits per heavy atom. The Morgan fingerprint density at radius 3 is 2.94 bits per heavy atom. The SMILES string of the molecule is CC(O)CCNC(=O)[C@@H]1Cc2ccccc2CN1. The maximum atomic E-state index is 11.9. The van der Waals surface area contributed by atoms with Gasteiger partial charge in [-0.1, -0.05) is 24.3 Å². The second-order valence-electron chi connectivity index (χ2n) is 4.84. The Morgan fingerprint density at radius 1 is 1.50 bits per heavy atom. The van der Waals surface area contributed by atoms with Gasteiger partial charge in [0.05, 0.1) is 12.1 Å². The molecule has 0 aliphatic carbocycles. The first-order valence-corrected chi connectivity index (χ1v) is 6.43. The van der Waals surface area contributed by atoms with Gasteiger partial charge in [0.15, 0.2) is 0 Å². The van der Waals surface area contributed by atoms with E-state index in [1.165, 1.54) is 11.1 Å². The Labute approximate surface area is 107 Å². The molecule has 18 heavy (non-hydrogen) atoms. The van der Waals surface area contributed by atoms with E-state index in [1.807, 2.05) is 12.1 Å². The molecule has 2 rings (SSSR count). The van der Waals surface area contributed by atoms with Crippen LogP contribution in [0, 0.1) is 0 Å². The second kappa shape index (κ2) is 5.98. The fourth-order valence-electron chi connectivity index (χ4n) is 2.17. The predicted molar refractivity (Wildman–Crippen MR) is 70.1 cm³/mol. The zero-order valence-corrected chi connectivity index (χ0v) is 10.6. The lowest BCUT2D eigenvalue weighted by Gasteiger charge is -2.25. The highest BCUT2D eigenvalue weighted by Gasteiger charge is 2.23. The van der Waals surface area contributed by atoms with Gasteiger partial charge in [-0.05, 0) is 30.9 Å². The normalized spacial score (nSPS) is 20.0. The third-order valence-corrected chi connectivity index (χ3v) is 3.26. The van der Waals surface area contributed by atoms with Gasteiger partial charge < -0.3 is 15.7 Å². The van der Waals surface area contributed by atoms with Crippen LogP contribution in [0.3, 0.4) is 0 Å². The molecule has 1 amide bonds. The minimum Gasteiger partial charge on any atom is -0.393 e. The van der Waals surface area contributed by atoms with Gasteiger partial charge in [0.2, 0.25) is 5.91 Å². The third kappa shape index (κ3) is 3.31. The van der Waals surface area contributed by atoms with E-state index in [9.17, 15) is 4.79 Å². The first kappa shape index (κ1) is 13.1. The number of aliphatic hydroxyl groups is 1. The average molecular weight is 248 g/mol. The number of aliphatic hydroxyl groups excluding tert-OH is 1. The van der Waals surface area contributed by atoms with Crippen LogP contribution in [0.1, 0.15) is 24.5 Å². The van der Waals surface area contributed by atoms with Crippen molar-refractivity contribution in [3.8, 4) is 0 Å². The molecular formula is C14H20N2O2. The standard InChI is InChI=1S/C14H20N2O2/c1-10(17)6-7-15-14(18)13-8-11-4-2-3-5-12(11)9-16-13/h2-5,10,13,16-17H,6-9H2,1H3,(H,15,18)/t10?,13-/m0/s1. The summed E-state index contributed by atoms with van der Waals surface area (Å²) < 4.78 is 0. The summed E-state index contributed by atoms with van der Waals surface area (Å²) in [5, 5.41) is 15.2. The van der Waals surface area contributed by atoms with Gasteiger partial charge in [0, 0.05) is 13.1 Å². The van der Waals surface area contributed by atoms with Crippen LogP contribution in [0.5, 0.6) is 0 Å². The van der Waals surface area contributed by atoms with E-state index in [4.69, 9.17) is 5.11 Å². The third-order valence-electron chi connectivity index (χ3n) is 3.26. The van der Waals surface area contributed by atoms with E-state index in [-0.39, 0.29) is 18.1 Å². The minimum atomic E-state index is -0.370. The number of carbonyl (C=O) groups excluding carboxylic acids is 1. The van der Waals surface area contributed by atoms with Gasteiger partial charge >= 0.3 is 0 Å². The molecule has 2 atom stereocenters. The van der Waals surface area contributed by atoms with Crippen molar-refractivity contribution in [1.29, 1.82) is 0 Å². The summed E-state index contributed by atoms with van der Waals surface area (Å²) >= 11 is 0. The van der Waals surface area contributed by atoms with Gasteiger partial charge in [-0.2, -0.15) is 0 Å². The van der Waals surface area contributed by atoms with Crippen molar-refractivity contribution in [3.05, 3.63) is 35.4 Å². The van der Waals surface area contributed by atoms with Crippen LogP contribution in [0.25, 0.3) is 0 Å². The maximum absolute atomic E-state index is 11.9. The molecule has 0 bridgehead atoms. The van der Waals surface area contributed by atoms with E-state index in [0.29, 0.717) is 13.0 Å². The number of rotatable bonds is 4. The molecule has 0 spiro atoms. The molecule has 1 aromatic rings. The zero-order valence-electron chi connectivity index (χ0n) is 10.6. The molecule has 1 aliphatic heterocycles. The van der Waals surface area contributed by atoms with Crippen molar-refractivity contribution in [2.45, 2.75) is 38.5 Å². The van der Waals surface area contributed by atoms with E-state index < -0.39 is 0 Å². The van der Waals surface area contributed by atoms with Crippen molar-refractivity contribution >= 4 is 5.91 Å². The number of benzene rings is 1. The highest BCUT2D eigenvalue weighted by Crippen LogP contribution is 2.16. The lowest BCUT2D eigenvalue weighted by atomic mass is 9.95. The van der Waals surface area contributed by atoms with Crippen LogP contribution >= 0.6 is 0 Å². The van der Waals surface area contributed by atoms with Gasteiger partial charge in [0.25, 0.3) is 0 Å². The number of hydrogen-bond donors (Lipinski definition) is 3. The summed E-state index contributed by atoms with van der Waals surface area (Å²) in [4.78, 5) is 11.9. The van der Waals surface area contributed by atoms with E-state index >= 15 is 0 Å². The molecular weight excluding hydrogens is 228 g/mol. The number of hydrogen-bond acceptors (Lipinski definition) is 3. The summed E-state index contributed by atoms with van der Waals surface area (Å²) in [6.07, 6.45) is 0.955. The van der Waals surface area contributed by atoms with Gasteiger partial charge in [-0.25, -0.2) is 0 Å². The average Bonchev–Trinajstić information content (AvgIpc) is 2.37. The lowest BCUT2D eigenvalue weighted by Crippen LogP contribution is -2.48. The number of nitrogens with one attached hydrogen (secondary N) is 2. The van der Waals surface area contributed by atoms with Crippen LogP contribution in [0.15, 0.2) is 24.3 Å². The largest absolute Gasteiger partial charge is 0.393 e. The molecule has 3 N–H and O–H groups in total. The van der Waals surface area contributed by atoms with Crippen molar-refractivity contribution < 1.29 is 9.90 Å². The smallest absolute Gasteiger partial charge is 0.237 e.